The molecule has 0 aliphatic heterocycles. The van der Waals surface area contributed by atoms with E-state index >= 15 is 0 Å². The van der Waals surface area contributed by atoms with Crippen molar-refractivity contribution >= 4 is 17.3 Å². The predicted octanol–water partition coefficient (Wildman–Crippen LogP) is 1.71. The van der Waals surface area contributed by atoms with Crippen LogP contribution in [0.5, 0.6) is 0 Å². The highest BCUT2D eigenvalue weighted by molar-refractivity contribution is 7.80. The average molecular weight is 167 g/mol. The molecular formula is C8H9NOS. The third-order valence-corrected chi connectivity index (χ3v) is 1.68. The zero-order valence-corrected chi connectivity index (χ0v) is 7.31. The summed E-state index contributed by atoms with van der Waals surface area (Å²) in [5.41, 5.74) is 1.83. The van der Waals surface area contributed by atoms with Crippen molar-refractivity contribution in [3.63, 3.8) is 0 Å². The van der Waals surface area contributed by atoms with Crippen LogP contribution in [0.1, 0.15) is 11.3 Å². The molecule has 0 unspecified atom stereocenters. The van der Waals surface area contributed by atoms with Crippen LogP contribution < -0.4 is 0 Å². The van der Waals surface area contributed by atoms with Gasteiger partial charge in [-0.3, -0.25) is 4.98 Å². The van der Waals surface area contributed by atoms with Gasteiger partial charge in [0, 0.05) is 6.20 Å². The molecular weight excluding hydrogens is 158 g/mol. The van der Waals surface area contributed by atoms with Crippen LogP contribution >= 0.6 is 12.2 Å². The molecule has 0 bridgehead atoms. The number of thiocarbonyl (C=S) groups is 1. The Kier molecular flexibility index (Phi) is 2.54. The van der Waals surface area contributed by atoms with E-state index in [1.54, 1.807) is 13.3 Å². The van der Waals surface area contributed by atoms with Gasteiger partial charge in [-0.15, -0.1) is 0 Å². The number of aromatic nitrogens is 1. The van der Waals surface area contributed by atoms with Gasteiger partial charge in [0.05, 0.1) is 7.11 Å². The van der Waals surface area contributed by atoms with E-state index in [0.29, 0.717) is 10.7 Å². The first-order chi connectivity index (χ1) is 5.24. The molecule has 11 heavy (non-hydrogen) atoms. The Morgan fingerprint density at radius 1 is 1.55 bits per heavy atom. The molecule has 0 aliphatic carbocycles. The molecule has 1 aromatic rings. The zero-order chi connectivity index (χ0) is 8.27. The molecule has 0 spiro atoms. The highest BCUT2D eigenvalue weighted by atomic mass is 32.1. The number of aryl methyl sites for hydroxylation is 1. The van der Waals surface area contributed by atoms with Crippen molar-refractivity contribution in [2.75, 3.05) is 7.11 Å². The summed E-state index contributed by atoms with van der Waals surface area (Å²) in [6, 6.07) is 3.80. The van der Waals surface area contributed by atoms with E-state index in [9.17, 15) is 0 Å². The maximum Gasteiger partial charge on any atom is 0.209 e. The largest absolute Gasteiger partial charge is 0.485 e. The first-order valence-electron chi connectivity index (χ1n) is 3.25. The first-order valence-corrected chi connectivity index (χ1v) is 3.66. The minimum absolute atomic E-state index is 0.435. The van der Waals surface area contributed by atoms with Crippen LogP contribution in [0.15, 0.2) is 18.3 Å². The quantitative estimate of drug-likeness (QED) is 0.594. The minimum atomic E-state index is 0.435. The van der Waals surface area contributed by atoms with Crippen molar-refractivity contribution < 1.29 is 4.74 Å². The van der Waals surface area contributed by atoms with Crippen LogP contribution in [0.4, 0.5) is 0 Å². The molecule has 0 radical (unpaired) electrons. The summed E-state index contributed by atoms with van der Waals surface area (Å²) in [5.74, 6) is 0. The predicted molar refractivity (Wildman–Crippen MR) is 47.7 cm³/mol. The summed E-state index contributed by atoms with van der Waals surface area (Å²) < 4.78 is 4.85. The Bertz CT molecular complexity index is 255. The number of nitrogens with zero attached hydrogens (tertiary/aromatic N) is 1. The van der Waals surface area contributed by atoms with Gasteiger partial charge in [-0.1, -0.05) is 6.07 Å². The van der Waals surface area contributed by atoms with Gasteiger partial charge in [0.25, 0.3) is 0 Å². The van der Waals surface area contributed by atoms with Gasteiger partial charge < -0.3 is 4.74 Å². The normalized spacial score (nSPS) is 9.27. The second kappa shape index (κ2) is 3.44. The molecule has 0 fully saturated rings. The van der Waals surface area contributed by atoms with Gasteiger partial charge >= 0.3 is 0 Å². The summed E-state index contributed by atoms with van der Waals surface area (Å²) in [7, 11) is 1.55. The van der Waals surface area contributed by atoms with E-state index < -0.39 is 0 Å². The SMILES string of the molecule is COC(=S)c1ccc(C)cn1. The lowest BCUT2D eigenvalue weighted by Gasteiger charge is -1.99. The number of pyridine rings is 1. The lowest BCUT2D eigenvalue weighted by molar-refractivity contribution is 0.414. The van der Waals surface area contributed by atoms with Crippen LogP contribution in [0.2, 0.25) is 0 Å². The molecule has 58 valence electrons. The summed E-state index contributed by atoms with van der Waals surface area (Å²) in [5, 5.41) is 0.435. The van der Waals surface area contributed by atoms with Gasteiger partial charge in [0.1, 0.15) is 5.69 Å². The third-order valence-electron chi connectivity index (χ3n) is 1.31. The Morgan fingerprint density at radius 3 is 2.73 bits per heavy atom. The van der Waals surface area contributed by atoms with Gasteiger partial charge in [0.2, 0.25) is 5.05 Å². The fraction of sp³-hybridized carbons (Fsp3) is 0.250. The molecule has 1 heterocycles. The lowest BCUT2D eigenvalue weighted by atomic mass is 10.3. The van der Waals surface area contributed by atoms with E-state index in [-0.39, 0.29) is 0 Å². The van der Waals surface area contributed by atoms with Crippen LogP contribution in [-0.2, 0) is 4.74 Å². The Morgan fingerprint density at radius 2 is 2.27 bits per heavy atom. The fourth-order valence-electron chi connectivity index (χ4n) is 0.693. The van der Waals surface area contributed by atoms with E-state index in [4.69, 9.17) is 17.0 Å². The van der Waals surface area contributed by atoms with Gasteiger partial charge in [0.15, 0.2) is 0 Å². The van der Waals surface area contributed by atoms with Crippen molar-refractivity contribution in [2.45, 2.75) is 6.92 Å². The maximum absolute atomic E-state index is 4.88. The molecule has 3 heteroatoms. The van der Waals surface area contributed by atoms with Gasteiger partial charge in [-0.2, -0.15) is 0 Å². The standard InChI is InChI=1S/C8H9NOS/c1-6-3-4-7(9-5-6)8(11)10-2/h3-5H,1-2H3. The van der Waals surface area contributed by atoms with Crippen LogP contribution in [0, 0.1) is 6.92 Å². The van der Waals surface area contributed by atoms with Crippen LogP contribution in [0.3, 0.4) is 0 Å². The number of methoxy groups -OCH3 is 1. The van der Waals surface area contributed by atoms with Crippen molar-refractivity contribution in [3.05, 3.63) is 29.6 Å². The van der Waals surface area contributed by atoms with Crippen molar-refractivity contribution in [3.8, 4) is 0 Å². The van der Waals surface area contributed by atoms with E-state index in [1.807, 2.05) is 19.1 Å². The third kappa shape index (κ3) is 1.98. The van der Waals surface area contributed by atoms with Crippen LogP contribution in [-0.4, -0.2) is 17.1 Å². The van der Waals surface area contributed by atoms with Crippen molar-refractivity contribution in [1.82, 2.24) is 4.98 Å². The summed E-state index contributed by atoms with van der Waals surface area (Å²) in [6.07, 6.45) is 1.76. The summed E-state index contributed by atoms with van der Waals surface area (Å²) >= 11 is 4.88. The molecule has 2 nitrogen and oxygen atoms in total. The molecule has 0 amide bonds. The number of ether oxygens (including phenoxy) is 1. The number of hydrogen-bond acceptors (Lipinski definition) is 3. The second-order valence-corrected chi connectivity index (χ2v) is 2.58. The lowest BCUT2D eigenvalue weighted by Crippen LogP contribution is -2.01. The second-order valence-electron chi connectivity index (χ2n) is 2.21. The van der Waals surface area contributed by atoms with Crippen molar-refractivity contribution in [1.29, 1.82) is 0 Å². The van der Waals surface area contributed by atoms with Gasteiger partial charge in [-0.05, 0) is 30.8 Å². The highest BCUT2D eigenvalue weighted by Gasteiger charge is 1.99. The fourth-order valence-corrected chi connectivity index (χ4v) is 0.814. The Labute approximate surface area is 71.2 Å². The molecule has 1 rings (SSSR count). The van der Waals surface area contributed by atoms with E-state index in [2.05, 4.69) is 4.98 Å². The first kappa shape index (κ1) is 8.14. The summed E-state index contributed by atoms with van der Waals surface area (Å²) in [6.45, 7) is 1.98. The molecule has 0 atom stereocenters. The van der Waals surface area contributed by atoms with Crippen LogP contribution in [0.25, 0.3) is 0 Å². The minimum Gasteiger partial charge on any atom is -0.485 e. The smallest absolute Gasteiger partial charge is 0.209 e. The van der Waals surface area contributed by atoms with Crippen molar-refractivity contribution in [2.24, 2.45) is 0 Å². The molecule has 0 saturated heterocycles. The zero-order valence-electron chi connectivity index (χ0n) is 6.50. The average Bonchev–Trinajstić information content (AvgIpc) is 2.05. The maximum atomic E-state index is 4.88. The topological polar surface area (TPSA) is 22.1 Å². The van der Waals surface area contributed by atoms with E-state index in [0.717, 1.165) is 5.56 Å². The molecule has 0 aromatic carbocycles. The van der Waals surface area contributed by atoms with Gasteiger partial charge in [-0.25, -0.2) is 0 Å². The Hall–Kier alpha value is -0.960. The molecule has 1 aromatic heterocycles. The number of hydrogen-bond donors (Lipinski definition) is 0. The Balaban J connectivity index is 2.90. The van der Waals surface area contributed by atoms with E-state index in [1.165, 1.54) is 0 Å². The molecule has 0 aliphatic rings. The monoisotopic (exact) mass is 167 g/mol. The number of rotatable bonds is 1. The highest BCUT2D eigenvalue weighted by Crippen LogP contribution is 2.00. The summed E-state index contributed by atoms with van der Waals surface area (Å²) in [4.78, 5) is 4.08. The molecule has 0 N–H and O–H groups in total. The molecule has 0 saturated carbocycles.